The van der Waals surface area contributed by atoms with Gasteiger partial charge < -0.3 is 14.8 Å². The molecule has 0 heterocycles. The number of sulfonamides is 1. The molecule has 0 atom stereocenters. The van der Waals surface area contributed by atoms with Crippen LogP contribution in [0.5, 0.6) is 11.5 Å². The SMILES string of the molecule is Cc1ccc(C)c(OCCNC(=O)CN(c2ccc(OC(C)C)cc2)S(C)(=O)=O)c1. The Bertz CT molecular complexity index is 956. The van der Waals surface area contributed by atoms with E-state index in [-0.39, 0.29) is 25.8 Å². The van der Waals surface area contributed by atoms with Gasteiger partial charge in [0.2, 0.25) is 15.9 Å². The van der Waals surface area contributed by atoms with Crippen LogP contribution >= 0.6 is 0 Å². The Kier molecular flexibility index (Phi) is 8.11. The maximum atomic E-state index is 12.3. The Labute approximate surface area is 179 Å². The van der Waals surface area contributed by atoms with E-state index >= 15 is 0 Å². The van der Waals surface area contributed by atoms with Crippen LogP contribution in [0.3, 0.4) is 0 Å². The minimum Gasteiger partial charge on any atom is -0.491 e. The van der Waals surface area contributed by atoms with Crippen molar-refractivity contribution in [2.75, 3.05) is 30.3 Å². The summed E-state index contributed by atoms with van der Waals surface area (Å²) < 4.78 is 36.8. The number of aryl methyl sites for hydroxylation is 2. The first-order chi connectivity index (χ1) is 14.1. The Balaban J connectivity index is 1.93. The van der Waals surface area contributed by atoms with Crippen molar-refractivity contribution >= 4 is 21.6 Å². The van der Waals surface area contributed by atoms with Gasteiger partial charge >= 0.3 is 0 Å². The Morgan fingerprint density at radius 3 is 2.37 bits per heavy atom. The molecule has 0 unspecified atom stereocenters. The van der Waals surface area contributed by atoms with Gasteiger partial charge in [-0.05, 0) is 69.2 Å². The predicted molar refractivity (Wildman–Crippen MR) is 119 cm³/mol. The summed E-state index contributed by atoms with van der Waals surface area (Å²) in [4.78, 5) is 12.3. The number of hydrogen-bond acceptors (Lipinski definition) is 5. The summed E-state index contributed by atoms with van der Waals surface area (Å²) >= 11 is 0. The lowest BCUT2D eigenvalue weighted by molar-refractivity contribution is -0.119. The molecule has 0 saturated carbocycles. The van der Waals surface area contributed by atoms with Crippen molar-refractivity contribution < 1.29 is 22.7 Å². The molecule has 0 aliphatic carbocycles. The zero-order chi connectivity index (χ0) is 22.3. The molecule has 30 heavy (non-hydrogen) atoms. The highest BCUT2D eigenvalue weighted by Crippen LogP contribution is 2.22. The lowest BCUT2D eigenvalue weighted by atomic mass is 10.1. The van der Waals surface area contributed by atoms with Gasteiger partial charge in [-0.1, -0.05) is 12.1 Å². The van der Waals surface area contributed by atoms with Crippen LogP contribution in [-0.2, 0) is 14.8 Å². The fourth-order valence-electron chi connectivity index (χ4n) is 2.76. The molecule has 7 nitrogen and oxygen atoms in total. The van der Waals surface area contributed by atoms with Crippen LogP contribution in [0.4, 0.5) is 5.69 Å². The van der Waals surface area contributed by atoms with Crippen LogP contribution in [0.2, 0.25) is 0 Å². The number of carbonyl (C=O) groups excluding carboxylic acids is 1. The third-order valence-electron chi connectivity index (χ3n) is 4.21. The van der Waals surface area contributed by atoms with Crippen molar-refractivity contribution in [2.24, 2.45) is 0 Å². The first kappa shape index (κ1) is 23.5. The molecule has 1 amide bonds. The van der Waals surface area contributed by atoms with E-state index < -0.39 is 15.9 Å². The summed E-state index contributed by atoms with van der Waals surface area (Å²) in [5.41, 5.74) is 2.50. The molecule has 0 fully saturated rings. The van der Waals surface area contributed by atoms with E-state index in [0.29, 0.717) is 11.4 Å². The number of carbonyl (C=O) groups is 1. The number of nitrogens with one attached hydrogen (secondary N) is 1. The normalized spacial score (nSPS) is 11.3. The zero-order valence-corrected chi connectivity index (χ0v) is 19.0. The number of rotatable bonds is 10. The molecule has 0 aliphatic heterocycles. The quantitative estimate of drug-likeness (QED) is 0.581. The summed E-state index contributed by atoms with van der Waals surface area (Å²) in [6.45, 7) is 7.99. The Hall–Kier alpha value is -2.74. The molecule has 2 rings (SSSR count). The summed E-state index contributed by atoms with van der Waals surface area (Å²) in [5.74, 6) is 0.994. The van der Waals surface area contributed by atoms with Crippen LogP contribution in [0, 0.1) is 13.8 Å². The highest BCUT2D eigenvalue weighted by atomic mass is 32.2. The van der Waals surface area contributed by atoms with Gasteiger partial charge in [-0.25, -0.2) is 8.42 Å². The average Bonchev–Trinajstić information content (AvgIpc) is 2.65. The van der Waals surface area contributed by atoms with Gasteiger partial charge in [0, 0.05) is 0 Å². The first-order valence-electron chi connectivity index (χ1n) is 9.77. The van der Waals surface area contributed by atoms with Gasteiger partial charge in [0.1, 0.15) is 24.7 Å². The Morgan fingerprint density at radius 2 is 1.77 bits per heavy atom. The molecule has 0 saturated heterocycles. The van der Waals surface area contributed by atoms with Gasteiger partial charge in [-0.3, -0.25) is 9.10 Å². The molecule has 0 radical (unpaired) electrons. The number of benzene rings is 2. The second-order valence-corrected chi connectivity index (χ2v) is 9.30. The van der Waals surface area contributed by atoms with Crippen molar-refractivity contribution in [3.63, 3.8) is 0 Å². The van der Waals surface area contributed by atoms with Crippen molar-refractivity contribution in [1.29, 1.82) is 0 Å². The predicted octanol–water partition coefficient (Wildman–Crippen LogP) is 3.05. The second kappa shape index (κ2) is 10.3. The maximum absolute atomic E-state index is 12.3. The Morgan fingerprint density at radius 1 is 1.10 bits per heavy atom. The van der Waals surface area contributed by atoms with E-state index in [9.17, 15) is 13.2 Å². The van der Waals surface area contributed by atoms with Crippen molar-refractivity contribution in [3.8, 4) is 11.5 Å². The third kappa shape index (κ3) is 7.26. The van der Waals surface area contributed by atoms with Crippen LogP contribution in [0.25, 0.3) is 0 Å². The van der Waals surface area contributed by atoms with Crippen LogP contribution in [0.15, 0.2) is 42.5 Å². The number of ether oxygens (including phenoxy) is 2. The zero-order valence-electron chi connectivity index (χ0n) is 18.1. The second-order valence-electron chi connectivity index (χ2n) is 7.40. The number of anilines is 1. The molecule has 0 aromatic heterocycles. The van der Waals surface area contributed by atoms with E-state index in [4.69, 9.17) is 9.47 Å². The number of nitrogens with zero attached hydrogens (tertiary/aromatic N) is 1. The van der Waals surface area contributed by atoms with E-state index in [1.165, 1.54) is 0 Å². The largest absolute Gasteiger partial charge is 0.491 e. The van der Waals surface area contributed by atoms with Gasteiger partial charge in [0.15, 0.2) is 0 Å². The molecule has 0 aliphatic rings. The number of amides is 1. The van der Waals surface area contributed by atoms with Crippen LogP contribution in [-0.4, -0.2) is 46.4 Å². The monoisotopic (exact) mass is 434 g/mol. The molecule has 0 spiro atoms. The number of hydrogen-bond donors (Lipinski definition) is 1. The lowest BCUT2D eigenvalue weighted by Crippen LogP contribution is -2.41. The van der Waals surface area contributed by atoms with E-state index in [1.807, 2.05) is 45.9 Å². The summed E-state index contributed by atoms with van der Waals surface area (Å²) in [6, 6.07) is 12.5. The topological polar surface area (TPSA) is 84.9 Å². The van der Waals surface area contributed by atoms with E-state index in [1.54, 1.807) is 24.3 Å². The van der Waals surface area contributed by atoms with Gasteiger partial charge in [0.25, 0.3) is 0 Å². The molecular weight excluding hydrogens is 404 g/mol. The van der Waals surface area contributed by atoms with Crippen molar-refractivity contribution in [1.82, 2.24) is 5.32 Å². The van der Waals surface area contributed by atoms with Crippen LogP contribution in [0.1, 0.15) is 25.0 Å². The molecule has 0 bridgehead atoms. The standard InChI is InChI=1S/C22H30N2O5S/c1-16(2)29-20-10-8-19(9-11-20)24(30(5,26)27)15-22(25)23-12-13-28-21-14-17(3)6-7-18(21)4/h6-11,14,16H,12-13,15H2,1-5H3,(H,23,25). The smallest absolute Gasteiger partial charge is 0.240 e. The highest BCUT2D eigenvalue weighted by molar-refractivity contribution is 7.92. The lowest BCUT2D eigenvalue weighted by Gasteiger charge is -2.22. The van der Waals surface area contributed by atoms with Crippen LogP contribution < -0.4 is 19.1 Å². The minimum atomic E-state index is -3.63. The van der Waals surface area contributed by atoms with Crippen molar-refractivity contribution in [3.05, 3.63) is 53.6 Å². The maximum Gasteiger partial charge on any atom is 0.240 e. The highest BCUT2D eigenvalue weighted by Gasteiger charge is 2.20. The van der Waals surface area contributed by atoms with E-state index in [2.05, 4.69) is 5.32 Å². The molecule has 1 N–H and O–H groups in total. The fraction of sp³-hybridized carbons (Fsp3) is 0.409. The molecular formula is C22H30N2O5S. The van der Waals surface area contributed by atoms with Gasteiger partial charge in [-0.15, -0.1) is 0 Å². The average molecular weight is 435 g/mol. The van der Waals surface area contributed by atoms with E-state index in [0.717, 1.165) is 27.4 Å². The molecule has 164 valence electrons. The summed E-state index contributed by atoms with van der Waals surface area (Å²) in [6.07, 6.45) is 1.08. The van der Waals surface area contributed by atoms with Gasteiger partial charge in [0.05, 0.1) is 24.6 Å². The van der Waals surface area contributed by atoms with Crippen molar-refractivity contribution in [2.45, 2.75) is 33.8 Å². The first-order valence-corrected chi connectivity index (χ1v) is 11.6. The minimum absolute atomic E-state index is 0.0124. The molecule has 8 heteroatoms. The summed E-state index contributed by atoms with van der Waals surface area (Å²) in [7, 11) is -3.63. The third-order valence-corrected chi connectivity index (χ3v) is 5.35. The molecule has 2 aromatic carbocycles. The fourth-order valence-corrected chi connectivity index (χ4v) is 3.62. The molecule has 2 aromatic rings. The van der Waals surface area contributed by atoms with Gasteiger partial charge in [-0.2, -0.15) is 0 Å². The summed E-state index contributed by atoms with van der Waals surface area (Å²) in [5, 5.41) is 2.70.